The van der Waals surface area contributed by atoms with Crippen molar-refractivity contribution in [2.75, 3.05) is 10.5 Å². The first-order valence-electron chi connectivity index (χ1n) is 12.2. The summed E-state index contributed by atoms with van der Waals surface area (Å²) in [6, 6.07) is 13.6. The predicted molar refractivity (Wildman–Crippen MR) is 141 cm³/mol. The van der Waals surface area contributed by atoms with E-state index >= 15 is 0 Å². The van der Waals surface area contributed by atoms with Crippen LogP contribution in [0.1, 0.15) is 66.6 Å². The maximum Gasteiger partial charge on any atom is 0.261 e. The van der Waals surface area contributed by atoms with Crippen molar-refractivity contribution in [3.05, 3.63) is 77.7 Å². The van der Waals surface area contributed by atoms with E-state index in [1.807, 2.05) is 22.9 Å². The molecule has 2 aromatic carbocycles. The molecule has 0 bridgehead atoms. The number of nitrogens with zero attached hydrogens (tertiary/aromatic N) is 3. The maximum atomic E-state index is 13.6. The number of nitrogen functional groups attached to an aromatic ring is 1. The zero-order valence-electron chi connectivity index (χ0n) is 20.1. The van der Waals surface area contributed by atoms with Gasteiger partial charge in [0.2, 0.25) is 0 Å². The van der Waals surface area contributed by atoms with Crippen LogP contribution in [-0.4, -0.2) is 28.7 Å². The zero-order chi connectivity index (χ0) is 25.3. The molecule has 3 N–H and O–H groups in total. The van der Waals surface area contributed by atoms with Crippen molar-refractivity contribution < 1.29 is 13.2 Å². The molecule has 0 atom stereocenters. The fraction of sp³-hybridized carbons (Fsp3) is 0.296. The molecule has 5 rings (SSSR count). The van der Waals surface area contributed by atoms with E-state index in [9.17, 15) is 13.2 Å². The van der Waals surface area contributed by atoms with Gasteiger partial charge in [0.1, 0.15) is 17.8 Å². The molecule has 1 fully saturated rings. The average molecular weight is 504 g/mol. The molecule has 1 aliphatic rings. The summed E-state index contributed by atoms with van der Waals surface area (Å²) in [5.74, 6) is -0.00770. The minimum atomic E-state index is -3.81. The Morgan fingerprint density at radius 2 is 1.86 bits per heavy atom. The van der Waals surface area contributed by atoms with E-state index in [1.165, 1.54) is 6.33 Å². The number of anilines is 2. The molecule has 0 saturated heterocycles. The lowest BCUT2D eigenvalue weighted by molar-refractivity contribution is 0.104. The lowest BCUT2D eigenvalue weighted by Crippen LogP contribution is -2.13. The van der Waals surface area contributed by atoms with Gasteiger partial charge in [-0.15, -0.1) is 0 Å². The van der Waals surface area contributed by atoms with Crippen LogP contribution in [0.15, 0.2) is 66.0 Å². The number of nitrogens with two attached hydrogens (primary N) is 1. The van der Waals surface area contributed by atoms with E-state index in [0.717, 1.165) is 44.1 Å². The summed E-state index contributed by atoms with van der Waals surface area (Å²) in [5.41, 5.74) is 9.00. The first-order chi connectivity index (χ1) is 17.4. The Morgan fingerprint density at radius 3 is 2.58 bits per heavy atom. The van der Waals surface area contributed by atoms with Crippen LogP contribution in [0.5, 0.6) is 0 Å². The van der Waals surface area contributed by atoms with Crippen molar-refractivity contribution in [2.24, 2.45) is 0 Å². The fourth-order valence-electron chi connectivity index (χ4n) is 4.96. The summed E-state index contributed by atoms with van der Waals surface area (Å²) in [5, 5.41) is 0.535. The summed E-state index contributed by atoms with van der Waals surface area (Å²) in [4.78, 5) is 22.3. The van der Waals surface area contributed by atoms with Crippen LogP contribution in [0.3, 0.4) is 0 Å². The molecule has 186 valence electrons. The van der Waals surface area contributed by atoms with Crippen LogP contribution >= 0.6 is 0 Å². The number of sulfonamides is 1. The molecule has 0 radical (unpaired) electrons. The number of aromatic nitrogens is 3. The molecule has 2 heterocycles. The molecule has 4 aromatic rings. The molecule has 36 heavy (non-hydrogen) atoms. The van der Waals surface area contributed by atoms with Crippen LogP contribution in [0.4, 0.5) is 11.5 Å². The van der Waals surface area contributed by atoms with Gasteiger partial charge in [-0.25, -0.2) is 18.4 Å². The van der Waals surface area contributed by atoms with Crippen molar-refractivity contribution in [3.8, 4) is 0 Å². The monoisotopic (exact) mass is 503 g/mol. The summed E-state index contributed by atoms with van der Waals surface area (Å²) in [6.45, 7) is 2.08. The Kier molecular flexibility index (Phi) is 6.49. The molecule has 9 heteroatoms. The van der Waals surface area contributed by atoms with Gasteiger partial charge in [0.25, 0.3) is 10.0 Å². The molecule has 0 amide bonds. The molecule has 2 aromatic heterocycles. The van der Waals surface area contributed by atoms with Gasteiger partial charge in [-0.05, 0) is 49.1 Å². The summed E-state index contributed by atoms with van der Waals surface area (Å²) in [7, 11) is -3.81. The lowest BCUT2D eigenvalue weighted by atomic mass is 10.0. The average Bonchev–Trinajstić information content (AvgIpc) is 3.53. The van der Waals surface area contributed by atoms with Gasteiger partial charge in [0.15, 0.2) is 5.78 Å². The van der Waals surface area contributed by atoms with Crippen LogP contribution < -0.4 is 10.5 Å². The van der Waals surface area contributed by atoms with E-state index in [2.05, 4.69) is 21.6 Å². The van der Waals surface area contributed by atoms with Gasteiger partial charge in [0, 0.05) is 23.5 Å². The number of nitrogens with one attached hydrogen (secondary N) is 1. The Morgan fingerprint density at radius 1 is 1.11 bits per heavy atom. The first kappa shape index (κ1) is 24.0. The maximum absolute atomic E-state index is 13.6. The second-order valence-corrected chi connectivity index (χ2v) is 10.9. The lowest BCUT2D eigenvalue weighted by Gasteiger charge is -2.12. The molecule has 1 aliphatic carbocycles. The second-order valence-electron chi connectivity index (χ2n) is 9.26. The molecule has 0 unspecified atom stereocenters. The van der Waals surface area contributed by atoms with Gasteiger partial charge in [-0.1, -0.05) is 50.5 Å². The van der Waals surface area contributed by atoms with E-state index in [4.69, 9.17) is 5.73 Å². The third kappa shape index (κ3) is 4.58. The predicted octanol–water partition coefficient (Wildman–Crippen LogP) is 5.11. The van der Waals surface area contributed by atoms with Gasteiger partial charge < -0.3 is 10.3 Å². The number of aryl methyl sites for hydroxylation is 1. The highest BCUT2D eigenvalue weighted by atomic mass is 32.2. The van der Waals surface area contributed by atoms with Crippen molar-refractivity contribution in [1.29, 1.82) is 0 Å². The van der Waals surface area contributed by atoms with Gasteiger partial charge in [-0.2, -0.15) is 0 Å². The number of hydrogen-bond donors (Lipinski definition) is 2. The summed E-state index contributed by atoms with van der Waals surface area (Å²) < 4.78 is 30.6. The quantitative estimate of drug-likeness (QED) is 0.322. The summed E-state index contributed by atoms with van der Waals surface area (Å²) in [6.07, 6.45) is 9.45. The number of ketones is 1. The van der Waals surface area contributed by atoms with Crippen molar-refractivity contribution in [2.45, 2.75) is 56.4 Å². The van der Waals surface area contributed by atoms with E-state index in [-0.39, 0.29) is 22.5 Å². The Labute approximate surface area is 210 Å². The zero-order valence-corrected chi connectivity index (χ0v) is 21.0. The standard InChI is InChI=1S/C27H29N5O3S/c1-2-6-18-11-13-22(14-12-18)36(34,35)31-20-8-5-7-19(15-20)25(33)23-16-32(21-9-3-4-10-21)27-24(23)26(28)29-17-30-27/h5,7-8,11-17,21,31H,2-4,6,9-10H2,1H3,(H2,28,29,30). The largest absolute Gasteiger partial charge is 0.383 e. The number of benzene rings is 2. The molecule has 0 spiro atoms. The highest BCUT2D eigenvalue weighted by Gasteiger charge is 2.26. The van der Waals surface area contributed by atoms with Crippen LogP contribution in [0, 0.1) is 0 Å². The third-order valence-corrected chi connectivity index (χ3v) is 8.15. The van der Waals surface area contributed by atoms with Gasteiger partial charge in [0.05, 0.1) is 15.8 Å². The Hall–Kier alpha value is -3.72. The van der Waals surface area contributed by atoms with E-state index in [1.54, 1.807) is 36.4 Å². The fourth-order valence-corrected chi connectivity index (χ4v) is 6.01. The van der Waals surface area contributed by atoms with Crippen molar-refractivity contribution >= 4 is 38.3 Å². The highest BCUT2D eigenvalue weighted by molar-refractivity contribution is 7.92. The van der Waals surface area contributed by atoms with Gasteiger partial charge in [-0.3, -0.25) is 9.52 Å². The molecule has 0 aliphatic heterocycles. The van der Waals surface area contributed by atoms with E-state index < -0.39 is 10.0 Å². The number of fused-ring (bicyclic) bond motifs is 1. The minimum Gasteiger partial charge on any atom is -0.383 e. The van der Waals surface area contributed by atoms with Crippen LogP contribution in [-0.2, 0) is 16.4 Å². The van der Waals surface area contributed by atoms with Gasteiger partial charge >= 0.3 is 0 Å². The Balaban J connectivity index is 1.46. The molecular formula is C27H29N5O3S. The normalized spacial score (nSPS) is 14.4. The van der Waals surface area contributed by atoms with Crippen LogP contribution in [0.25, 0.3) is 11.0 Å². The number of carbonyl (C=O) groups is 1. The topological polar surface area (TPSA) is 120 Å². The summed E-state index contributed by atoms with van der Waals surface area (Å²) >= 11 is 0. The number of carbonyl (C=O) groups excluding carboxylic acids is 1. The number of rotatable bonds is 8. The smallest absolute Gasteiger partial charge is 0.261 e. The van der Waals surface area contributed by atoms with E-state index in [0.29, 0.717) is 27.8 Å². The highest BCUT2D eigenvalue weighted by Crippen LogP contribution is 2.35. The molecular weight excluding hydrogens is 474 g/mol. The molecule has 8 nitrogen and oxygen atoms in total. The minimum absolute atomic E-state index is 0.170. The SMILES string of the molecule is CCCc1ccc(S(=O)(=O)Nc2cccc(C(=O)c3cn(C4CCCC4)c4ncnc(N)c34)c2)cc1. The molecule has 1 saturated carbocycles. The Bertz CT molecular complexity index is 1520. The second kappa shape index (κ2) is 9.73. The third-order valence-electron chi connectivity index (χ3n) is 6.75. The first-order valence-corrected chi connectivity index (χ1v) is 13.7. The van der Waals surface area contributed by atoms with Crippen molar-refractivity contribution in [3.63, 3.8) is 0 Å². The van der Waals surface area contributed by atoms with Crippen molar-refractivity contribution in [1.82, 2.24) is 14.5 Å². The van der Waals surface area contributed by atoms with Crippen LogP contribution in [0.2, 0.25) is 0 Å². The number of hydrogen-bond acceptors (Lipinski definition) is 6.